The Balaban J connectivity index is 4.20. The van der Waals surface area contributed by atoms with Crippen molar-refractivity contribution in [2.24, 2.45) is 0 Å². The summed E-state index contributed by atoms with van der Waals surface area (Å²) in [5.41, 5.74) is -0.146. The van der Waals surface area contributed by atoms with Crippen LogP contribution in [0, 0.1) is 11.3 Å². The second kappa shape index (κ2) is 4.97. The Morgan fingerprint density at radius 3 is 2.29 bits per heavy atom. The van der Waals surface area contributed by atoms with Crippen LogP contribution in [-0.4, -0.2) is 36.5 Å². The molecule has 4 heteroatoms. The van der Waals surface area contributed by atoms with E-state index in [1.807, 2.05) is 20.8 Å². The van der Waals surface area contributed by atoms with Gasteiger partial charge in [-0.05, 0) is 20.8 Å². The highest BCUT2D eigenvalue weighted by Crippen LogP contribution is 2.04. The van der Waals surface area contributed by atoms with E-state index in [1.54, 1.807) is 14.1 Å². The summed E-state index contributed by atoms with van der Waals surface area (Å²) in [5.74, 6) is -0.0340. The molecule has 1 atom stereocenters. The zero-order valence-electron chi connectivity index (χ0n) is 9.59. The van der Waals surface area contributed by atoms with Gasteiger partial charge in [-0.15, -0.1) is 0 Å². The molecule has 0 aromatic rings. The maximum Gasteiger partial charge on any atom is 0.224 e. The maximum absolute atomic E-state index is 11.3. The van der Waals surface area contributed by atoms with Crippen LogP contribution in [-0.2, 0) is 4.79 Å². The van der Waals surface area contributed by atoms with Gasteiger partial charge in [-0.1, -0.05) is 0 Å². The Bertz CT molecular complexity index is 235. The molecule has 0 rings (SSSR count). The summed E-state index contributed by atoms with van der Waals surface area (Å²) in [5, 5.41) is 11.9. The van der Waals surface area contributed by atoms with Crippen molar-refractivity contribution in [1.82, 2.24) is 10.2 Å². The highest BCUT2D eigenvalue weighted by Gasteiger charge is 2.19. The number of nitriles is 1. The fourth-order valence-electron chi connectivity index (χ4n) is 1.01. The Morgan fingerprint density at radius 2 is 2.00 bits per heavy atom. The Morgan fingerprint density at radius 1 is 1.50 bits per heavy atom. The first-order valence-corrected chi connectivity index (χ1v) is 4.63. The first-order valence-electron chi connectivity index (χ1n) is 4.63. The molecule has 0 fully saturated rings. The van der Waals surface area contributed by atoms with E-state index in [9.17, 15) is 4.79 Å². The van der Waals surface area contributed by atoms with Gasteiger partial charge in [0.05, 0.1) is 12.5 Å². The third kappa shape index (κ3) is 5.55. The van der Waals surface area contributed by atoms with Crippen molar-refractivity contribution in [3.8, 4) is 6.07 Å². The zero-order valence-corrected chi connectivity index (χ0v) is 9.59. The molecule has 0 aliphatic carbocycles. The number of amides is 1. The van der Waals surface area contributed by atoms with E-state index in [2.05, 4.69) is 11.4 Å². The molecule has 0 saturated carbocycles. The fraction of sp³-hybridized carbons (Fsp3) is 0.800. The highest BCUT2D eigenvalue weighted by atomic mass is 16.2. The van der Waals surface area contributed by atoms with Crippen LogP contribution in [0.4, 0.5) is 0 Å². The van der Waals surface area contributed by atoms with Crippen LogP contribution in [0.5, 0.6) is 0 Å². The van der Waals surface area contributed by atoms with Crippen LogP contribution in [0.15, 0.2) is 0 Å². The van der Waals surface area contributed by atoms with Crippen molar-refractivity contribution in [2.45, 2.75) is 38.8 Å². The Hall–Kier alpha value is -1.08. The van der Waals surface area contributed by atoms with E-state index in [-0.39, 0.29) is 17.9 Å². The quantitative estimate of drug-likeness (QED) is 0.726. The minimum Gasteiger partial charge on any atom is -0.349 e. The lowest BCUT2D eigenvalue weighted by atomic mass is 10.1. The summed E-state index contributed by atoms with van der Waals surface area (Å²) in [6.45, 7) is 5.91. The standard InChI is InChI=1S/C10H19N3O/c1-10(2,3)12-8(7-11)6-9(14)13(4)5/h8,12H,6H2,1-5H3. The molecule has 14 heavy (non-hydrogen) atoms. The number of nitrogens with one attached hydrogen (secondary N) is 1. The Kier molecular flexibility index (Phi) is 4.58. The molecule has 0 heterocycles. The number of hydrogen-bond donors (Lipinski definition) is 1. The molecular weight excluding hydrogens is 178 g/mol. The minimum atomic E-state index is -0.412. The van der Waals surface area contributed by atoms with Crippen LogP contribution in [0.1, 0.15) is 27.2 Å². The third-order valence-corrected chi connectivity index (χ3v) is 1.64. The molecule has 80 valence electrons. The van der Waals surface area contributed by atoms with Gasteiger partial charge in [-0.2, -0.15) is 5.26 Å². The average Bonchev–Trinajstić information content (AvgIpc) is 2.00. The van der Waals surface area contributed by atoms with Crippen molar-refractivity contribution in [1.29, 1.82) is 5.26 Å². The van der Waals surface area contributed by atoms with E-state index >= 15 is 0 Å². The second-order valence-electron chi connectivity index (χ2n) is 4.57. The molecule has 0 radical (unpaired) electrons. The molecule has 4 nitrogen and oxygen atoms in total. The van der Waals surface area contributed by atoms with Crippen LogP contribution in [0.25, 0.3) is 0 Å². The molecule has 1 amide bonds. The van der Waals surface area contributed by atoms with E-state index in [0.717, 1.165) is 0 Å². The van der Waals surface area contributed by atoms with E-state index < -0.39 is 6.04 Å². The van der Waals surface area contributed by atoms with E-state index in [1.165, 1.54) is 4.90 Å². The van der Waals surface area contributed by atoms with Gasteiger partial charge in [0, 0.05) is 19.6 Å². The smallest absolute Gasteiger partial charge is 0.224 e. The summed E-state index contributed by atoms with van der Waals surface area (Å²) in [4.78, 5) is 12.8. The van der Waals surface area contributed by atoms with Crippen LogP contribution < -0.4 is 5.32 Å². The number of carbonyl (C=O) groups excluding carboxylic acids is 1. The molecule has 0 aromatic heterocycles. The lowest BCUT2D eigenvalue weighted by Crippen LogP contribution is -2.45. The van der Waals surface area contributed by atoms with Gasteiger partial charge in [0.15, 0.2) is 0 Å². The lowest BCUT2D eigenvalue weighted by molar-refractivity contribution is -0.129. The van der Waals surface area contributed by atoms with Gasteiger partial charge in [-0.25, -0.2) is 0 Å². The van der Waals surface area contributed by atoms with Crippen molar-refractivity contribution < 1.29 is 4.79 Å². The molecule has 0 aromatic carbocycles. The number of rotatable bonds is 3. The first kappa shape index (κ1) is 12.9. The van der Waals surface area contributed by atoms with Gasteiger partial charge in [0.25, 0.3) is 0 Å². The van der Waals surface area contributed by atoms with Crippen molar-refractivity contribution in [2.75, 3.05) is 14.1 Å². The fourth-order valence-corrected chi connectivity index (χ4v) is 1.01. The third-order valence-electron chi connectivity index (χ3n) is 1.64. The molecule has 1 N–H and O–H groups in total. The van der Waals surface area contributed by atoms with Crippen LogP contribution in [0.3, 0.4) is 0 Å². The summed E-state index contributed by atoms with van der Waals surface area (Å²) >= 11 is 0. The molecule has 0 saturated heterocycles. The summed E-state index contributed by atoms with van der Waals surface area (Å²) in [7, 11) is 3.38. The SMILES string of the molecule is CN(C)C(=O)CC(C#N)NC(C)(C)C. The van der Waals surface area contributed by atoms with Crippen molar-refractivity contribution in [3.05, 3.63) is 0 Å². The molecule has 0 aliphatic rings. The Labute approximate surface area is 85.9 Å². The molecular formula is C10H19N3O. The normalized spacial score (nSPS) is 13.1. The molecule has 0 spiro atoms. The number of nitrogens with zero attached hydrogens (tertiary/aromatic N) is 2. The first-order chi connectivity index (χ1) is 6.26. The molecule has 0 aliphatic heterocycles. The maximum atomic E-state index is 11.3. The van der Waals surface area contributed by atoms with E-state index in [0.29, 0.717) is 0 Å². The van der Waals surface area contributed by atoms with Gasteiger partial charge >= 0.3 is 0 Å². The monoisotopic (exact) mass is 197 g/mol. The zero-order chi connectivity index (χ0) is 11.4. The minimum absolute atomic E-state index is 0.0340. The average molecular weight is 197 g/mol. The van der Waals surface area contributed by atoms with Crippen LogP contribution in [0.2, 0.25) is 0 Å². The number of carbonyl (C=O) groups is 1. The van der Waals surface area contributed by atoms with Gasteiger partial charge < -0.3 is 4.90 Å². The van der Waals surface area contributed by atoms with E-state index in [4.69, 9.17) is 5.26 Å². The molecule has 0 bridgehead atoms. The lowest BCUT2D eigenvalue weighted by Gasteiger charge is -2.24. The number of hydrogen-bond acceptors (Lipinski definition) is 3. The second-order valence-corrected chi connectivity index (χ2v) is 4.57. The largest absolute Gasteiger partial charge is 0.349 e. The van der Waals surface area contributed by atoms with Crippen LogP contribution >= 0.6 is 0 Å². The van der Waals surface area contributed by atoms with Gasteiger partial charge in [0.1, 0.15) is 6.04 Å². The van der Waals surface area contributed by atoms with Gasteiger partial charge in [0.2, 0.25) is 5.91 Å². The predicted molar refractivity (Wildman–Crippen MR) is 55.6 cm³/mol. The van der Waals surface area contributed by atoms with Gasteiger partial charge in [-0.3, -0.25) is 10.1 Å². The molecule has 1 unspecified atom stereocenters. The van der Waals surface area contributed by atoms with Crippen molar-refractivity contribution in [3.63, 3.8) is 0 Å². The summed E-state index contributed by atoms with van der Waals surface area (Å²) < 4.78 is 0. The predicted octanol–water partition coefficient (Wildman–Crippen LogP) is 0.745. The summed E-state index contributed by atoms with van der Waals surface area (Å²) in [6.07, 6.45) is 0.223. The van der Waals surface area contributed by atoms with Crippen molar-refractivity contribution >= 4 is 5.91 Å². The summed E-state index contributed by atoms with van der Waals surface area (Å²) in [6, 6.07) is 1.67. The highest BCUT2D eigenvalue weighted by molar-refractivity contribution is 5.76. The topological polar surface area (TPSA) is 56.1 Å².